The van der Waals surface area contributed by atoms with Crippen molar-refractivity contribution in [1.29, 1.82) is 5.26 Å². The quantitative estimate of drug-likeness (QED) is 0.670. The Kier molecular flexibility index (Phi) is 2.20. The van der Waals surface area contributed by atoms with Crippen LogP contribution in [0.15, 0.2) is 12.1 Å². The molecule has 1 aliphatic rings. The average Bonchev–Trinajstić information content (AvgIpc) is 2.19. The molecule has 0 aliphatic carbocycles. The maximum absolute atomic E-state index is 13.3. The van der Waals surface area contributed by atoms with Gasteiger partial charge in [0.2, 0.25) is 0 Å². The van der Waals surface area contributed by atoms with Gasteiger partial charge in [0.15, 0.2) is 11.4 Å². The number of benzene rings is 1. The Labute approximate surface area is 92.4 Å². The Hall–Kier alpha value is -1.89. The summed E-state index contributed by atoms with van der Waals surface area (Å²) in [6.07, 6.45) is 0.178. The van der Waals surface area contributed by atoms with Gasteiger partial charge < -0.3 is 4.74 Å². The third-order valence-electron chi connectivity index (χ3n) is 2.66. The fraction of sp³-hybridized carbons (Fsp3) is 0.333. The molecule has 0 fully saturated rings. The van der Waals surface area contributed by atoms with E-state index in [1.54, 1.807) is 19.9 Å². The van der Waals surface area contributed by atoms with E-state index in [-0.39, 0.29) is 17.8 Å². The first-order valence-corrected chi connectivity index (χ1v) is 4.89. The van der Waals surface area contributed by atoms with Gasteiger partial charge in [0.1, 0.15) is 17.6 Å². The second kappa shape index (κ2) is 3.31. The van der Waals surface area contributed by atoms with Gasteiger partial charge in [-0.15, -0.1) is 0 Å². The summed E-state index contributed by atoms with van der Waals surface area (Å²) in [6.45, 7) is 3.29. The van der Waals surface area contributed by atoms with Crippen molar-refractivity contribution in [2.45, 2.75) is 25.9 Å². The largest absolute Gasteiger partial charge is 0.480 e. The van der Waals surface area contributed by atoms with Crippen molar-refractivity contribution in [3.05, 3.63) is 29.1 Å². The molecule has 0 N–H and O–H groups in total. The lowest BCUT2D eigenvalue weighted by Gasteiger charge is -2.31. The molecule has 3 nitrogen and oxygen atoms in total. The molecule has 0 atom stereocenters. The fourth-order valence-corrected chi connectivity index (χ4v) is 1.64. The van der Waals surface area contributed by atoms with Crippen molar-refractivity contribution in [1.82, 2.24) is 0 Å². The summed E-state index contributed by atoms with van der Waals surface area (Å²) >= 11 is 0. The van der Waals surface area contributed by atoms with E-state index in [1.165, 1.54) is 12.1 Å². The minimum absolute atomic E-state index is 0.0603. The molecule has 0 saturated carbocycles. The van der Waals surface area contributed by atoms with Crippen LogP contribution in [0.3, 0.4) is 0 Å². The highest BCUT2D eigenvalue weighted by Gasteiger charge is 2.35. The summed E-state index contributed by atoms with van der Waals surface area (Å²) < 4.78 is 18.8. The predicted octanol–water partition coefficient (Wildman–Crippen LogP) is 1.98. The number of hydrogen-bond donors (Lipinski definition) is 0. The minimum Gasteiger partial charge on any atom is -0.480 e. The standard InChI is InChI=1S/C12H10FNO2/c1-12(2)11(15)4-7-3-8(6-14)9(13)5-10(7)16-12/h3,5H,4H2,1-2H3. The van der Waals surface area contributed by atoms with Crippen LogP contribution >= 0.6 is 0 Å². The van der Waals surface area contributed by atoms with E-state index < -0.39 is 11.4 Å². The van der Waals surface area contributed by atoms with Crippen molar-refractivity contribution in [2.24, 2.45) is 0 Å². The summed E-state index contributed by atoms with van der Waals surface area (Å²) in [6, 6.07) is 4.28. The lowest BCUT2D eigenvalue weighted by Crippen LogP contribution is -2.42. The zero-order valence-electron chi connectivity index (χ0n) is 9.00. The van der Waals surface area contributed by atoms with E-state index in [0.29, 0.717) is 11.3 Å². The number of halogens is 1. The smallest absolute Gasteiger partial charge is 0.180 e. The molecule has 0 bridgehead atoms. The molecule has 0 aromatic heterocycles. The van der Waals surface area contributed by atoms with Crippen LogP contribution in [0.1, 0.15) is 25.0 Å². The van der Waals surface area contributed by atoms with E-state index in [0.717, 1.165) is 0 Å². The van der Waals surface area contributed by atoms with E-state index in [1.807, 2.05) is 0 Å². The van der Waals surface area contributed by atoms with Crippen LogP contribution in [0.25, 0.3) is 0 Å². The minimum atomic E-state index is -0.923. The highest BCUT2D eigenvalue weighted by atomic mass is 19.1. The molecular weight excluding hydrogens is 209 g/mol. The first-order chi connectivity index (χ1) is 7.44. The van der Waals surface area contributed by atoms with Crippen molar-refractivity contribution in [3.63, 3.8) is 0 Å². The third kappa shape index (κ3) is 1.54. The van der Waals surface area contributed by atoms with Crippen LogP contribution in [0.5, 0.6) is 5.75 Å². The third-order valence-corrected chi connectivity index (χ3v) is 2.66. The summed E-state index contributed by atoms with van der Waals surface area (Å²) in [7, 11) is 0. The van der Waals surface area contributed by atoms with Crippen LogP contribution in [0, 0.1) is 17.1 Å². The highest BCUT2D eigenvalue weighted by Crippen LogP contribution is 2.32. The van der Waals surface area contributed by atoms with Gasteiger partial charge in [-0.1, -0.05) is 0 Å². The van der Waals surface area contributed by atoms with E-state index in [9.17, 15) is 9.18 Å². The second-order valence-corrected chi connectivity index (χ2v) is 4.26. The Morgan fingerprint density at radius 1 is 1.50 bits per heavy atom. The molecule has 2 rings (SSSR count). The van der Waals surface area contributed by atoms with Crippen molar-refractivity contribution in [2.75, 3.05) is 0 Å². The van der Waals surface area contributed by atoms with Crippen LogP contribution in [-0.4, -0.2) is 11.4 Å². The van der Waals surface area contributed by atoms with Crippen molar-refractivity contribution in [3.8, 4) is 11.8 Å². The molecule has 0 radical (unpaired) electrons. The lowest BCUT2D eigenvalue weighted by atomic mass is 9.92. The molecule has 82 valence electrons. The Bertz CT molecular complexity index is 514. The molecule has 1 aromatic rings. The average molecular weight is 219 g/mol. The maximum Gasteiger partial charge on any atom is 0.180 e. The SMILES string of the molecule is CC1(C)Oc2cc(F)c(C#N)cc2CC1=O. The van der Waals surface area contributed by atoms with Gasteiger partial charge >= 0.3 is 0 Å². The molecule has 4 heteroatoms. The van der Waals surface area contributed by atoms with Gasteiger partial charge in [0, 0.05) is 18.1 Å². The molecular formula is C12H10FNO2. The molecule has 1 heterocycles. The predicted molar refractivity (Wildman–Crippen MR) is 54.5 cm³/mol. The monoisotopic (exact) mass is 219 g/mol. The summed E-state index contributed by atoms with van der Waals surface area (Å²) in [5.74, 6) is -0.344. The summed E-state index contributed by atoms with van der Waals surface area (Å²) in [5.41, 5.74) is -0.412. The lowest BCUT2D eigenvalue weighted by molar-refractivity contribution is -0.132. The number of carbonyl (C=O) groups is 1. The number of ketones is 1. The zero-order valence-corrected chi connectivity index (χ0v) is 9.00. The van der Waals surface area contributed by atoms with Crippen molar-refractivity contribution >= 4 is 5.78 Å². The zero-order chi connectivity index (χ0) is 11.9. The summed E-state index contributed by atoms with van der Waals surface area (Å²) in [5, 5.41) is 8.67. The number of hydrogen-bond acceptors (Lipinski definition) is 3. The van der Waals surface area contributed by atoms with Gasteiger partial charge in [0.05, 0.1) is 5.56 Å². The van der Waals surface area contributed by atoms with E-state index in [4.69, 9.17) is 10.00 Å². The maximum atomic E-state index is 13.3. The van der Waals surface area contributed by atoms with Gasteiger partial charge in [-0.2, -0.15) is 5.26 Å². The highest BCUT2D eigenvalue weighted by molar-refractivity contribution is 5.90. The van der Waals surface area contributed by atoms with Gasteiger partial charge in [0.25, 0.3) is 0 Å². The van der Waals surface area contributed by atoms with Gasteiger partial charge in [-0.3, -0.25) is 4.79 Å². The Morgan fingerprint density at radius 2 is 2.19 bits per heavy atom. The van der Waals surface area contributed by atoms with E-state index >= 15 is 0 Å². The molecule has 0 unspecified atom stereocenters. The Balaban J connectivity index is 2.54. The van der Waals surface area contributed by atoms with E-state index in [2.05, 4.69) is 0 Å². The normalized spacial score (nSPS) is 17.2. The van der Waals surface area contributed by atoms with Gasteiger partial charge in [-0.25, -0.2) is 4.39 Å². The fourth-order valence-electron chi connectivity index (χ4n) is 1.64. The molecule has 0 saturated heterocycles. The number of nitrogens with zero attached hydrogens (tertiary/aromatic N) is 1. The number of rotatable bonds is 0. The molecule has 0 spiro atoms. The number of nitriles is 1. The molecule has 1 aliphatic heterocycles. The number of ether oxygens (including phenoxy) is 1. The first kappa shape index (κ1) is 10.6. The summed E-state index contributed by atoms with van der Waals surface area (Å²) in [4.78, 5) is 11.7. The molecule has 16 heavy (non-hydrogen) atoms. The second-order valence-electron chi connectivity index (χ2n) is 4.26. The van der Waals surface area contributed by atoms with Crippen molar-refractivity contribution < 1.29 is 13.9 Å². The van der Waals surface area contributed by atoms with Crippen LogP contribution < -0.4 is 4.74 Å². The number of carbonyl (C=O) groups excluding carboxylic acids is 1. The number of Topliss-reactive ketones (excluding diaryl/α,β-unsaturated/α-hetero) is 1. The van der Waals surface area contributed by atoms with Crippen LogP contribution in [0.2, 0.25) is 0 Å². The topological polar surface area (TPSA) is 50.1 Å². The van der Waals surface area contributed by atoms with Crippen LogP contribution in [-0.2, 0) is 11.2 Å². The Morgan fingerprint density at radius 3 is 2.81 bits per heavy atom. The van der Waals surface area contributed by atoms with Gasteiger partial charge in [-0.05, 0) is 19.9 Å². The number of fused-ring (bicyclic) bond motifs is 1. The first-order valence-electron chi connectivity index (χ1n) is 4.89. The molecule has 0 amide bonds. The molecule has 1 aromatic carbocycles. The van der Waals surface area contributed by atoms with Crippen LogP contribution in [0.4, 0.5) is 4.39 Å².